The second kappa shape index (κ2) is 9.35. The molecule has 1 N–H and O–H groups in total. The highest BCUT2D eigenvalue weighted by atomic mass is 35.5. The molecule has 1 saturated heterocycles. The van der Waals surface area contributed by atoms with E-state index in [4.69, 9.17) is 27.9 Å². The van der Waals surface area contributed by atoms with Crippen LogP contribution in [0.2, 0.25) is 10.0 Å². The van der Waals surface area contributed by atoms with Crippen LogP contribution in [-0.2, 0) is 17.8 Å². The zero-order valence-electron chi connectivity index (χ0n) is 16.3. The number of hydrogen-bond acceptors (Lipinski definition) is 4. The van der Waals surface area contributed by atoms with Gasteiger partial charge >= 0.3 is 0 Å². The molecule has 2 aromatic rings. The Balaban J connectivity index is 1.20. The summed E-state index contributed by atoms with van der Waals surface area (Å²) in [6.07, 6.45) is 1.44. The number of para-hydroxylation sites is 1. The summed E-state index contributed by atoms with van der Waals surface area (Å²) in [5.41, 5.74) is 3.16. The predicted molar refractivity (Wildman–Crippen MR) is 117 cm³/mol. The van der Waals surface area contributed by atoms with Crippen LogP contribution in [0.5, 0.6) is 5.75 Å². The molecular weight excluding hydrogens is 409 g/mol. The van der Waals surface area contributed by atoms with Crippen molar-refractivity contribution in [3.05, 3.63) is 57.6 Å². The van der Waals surface area contributed by atoms with E-state index in [0.29, 0.717) is 22.2 Å². The van der Waals surface area contributed by atoms with Crippen molar-refractivity contribution in [2.24, 2.45) is 0 Å². The monoisotopic (exact) mass is 433 g/mol. The summed E-state index contributed by atoms with van der Waals surface area (Å²) >= 11 is 12.2. The van der Waals surface area contributed by atoms with Crippen molar-refractivity contribution in [3.63, 3.8) is 0 Å². The summed E-state index contributed by atoms with van der Waals surface area (Å²) in [5, 5.41) is 3.74. The van der Waals surface area contributed by atoms with E-state index in [1.807, 2.05) is 0 Å². The number of halogens is 2. The Morgan fingerprint density at radius 3 is 2.52 bits per heavy atom. The van der Waals surface area contributed by atoms with Gasteiger partial charge in [-0.25, -0.2) is 0 Å². The third-order valence-corrected chi connectivity index (χ3v) is 6.14. The van der Waals surface area contributed by atoms with Gasteiger partial charge in [-0.3, -0.25) is 9.69 Å². The maximum absolute atomic E-state index is 12.3. The highest BCUT2D eigenvalue weighted by Crippen LogP contribution is 2.30. The van der Waals surface area contributed by atoms with E-state index in [2.05, 4.69) is 33.3 Å². The van der Waals surface area contributed by atoms with Gasteiger partial charge in [-0.15, -0.1) is 0 Å². The van der Waals surface area contributed by atoms with Crippen LogP contribution in [0.15, 0.2) is 36.4 Å². The minimum absolute atomic E-state index is 0.0669. The number of nitrogens with one attached hydrogen (secondary N) is 1. The second-order valence-electron chi connectivity index (χ2n) is 7.55. The Labute approximate surface area is 181 Å². The summed E-state index contributed by atoms with van der Waals surface area (Å²) in [6, 6.07) is 11.7. The summed E-state index contributed by atoms with van der Waals surface area (Å²) in [6.45, 7) is 6.44. The standard InChI is InChI=1S/C22H25Cl2N3O2/c23-18-2-1-3-19(24)22(18)25-21(28)6-8-26-9-11-27(12-10-26)15-16-4-5-20-17(14-16)7-13-29-20/h1-5,14H,6-13,15H2,(H,25,28). The van der Waals surface area contributed by atoms with Crippen LogP contribution in [0.4, 0.5) is 5.69 Å². The number of carbonyl (C=O) groups is 1. The zero-order valence-corrected chi connectivity index (χ0v) is 17.8. The number of benzene rings is 2. The maximum atomic E-state index is 12.3. The number of fused-ring (bicyclic) bond motifs is 1. The fourth-order valence-electron chi connectivity index (χ4n) is 3.85. The molecular formula is C22H25Cl2N3O2. The summed E-state index contributed by atoms with van der Waals surface area (Å²) < 4.78 is 5.59. The van der Waals surface area contributed by atoms with Crippen LogP contribution in [0.1, 0.15) is 17.5 Å². The third kappa shape index (κ3) is 5.23. The van der Waals surface area contributed by atoms with Gasteiger partial charge in [0.05, 0.1) is 22.3 Å². The normalized spacial score (nSPS) is 17.0. The number of carbonyl (C=O) groups excluding carboxylic acids is 1. The molecule has 1 amide bonds. The Kier molecular flexibility index (Phi) is 6.60. The fraction of sp³-hybridized carbons (Fsp3) is 0.409. The van der Waals surface area contributed by atoms with E-state index in [-0.39, 0.29) is 5.91 Å². The van der Waals surface area contributed by atoms with Crippen LogP contribution in [0, 0.1) is 0 Å². The highest BCUT2D eigenvalue weighted by molar-refractivity contribution is 6.39. The maximum Gasteiger partial charge on any atom is 0.225 e. The van der Waals surface area contributed by atoms with Crippen LogP contribution in [0.3, 0.4) is 0 Å². The summed E-state index contributed by atoms with van der Waals surface area (Å²) in [5.74, 6) is 0.970. The lowest BCUT2D eigenvalue weighted by molar-refractivity contribution is -0.116. The second-order valence-corrected chi connectivity index (χ2v) is 8.37. The van der Waals surface area contributed by atoms with Gasteiger partial charge in [0.25, 0.3) is 0 Å². The third-order valence-electron chi connectivity index (χ3n) is 5.51. The van der Waals surface area contributed by atoms with Gasteiger partial charge in [-0.2, -0.15) is 0 Å². The van der Waals surface area contributed by atoms with E-state index in [1.54, 1.807) is 18.2 Å². The molecule has 154 valence electrons. The molecule has 0 aliphatic carbocycles. The van der Waals surface area contributed by atoms with Crippen molar-refractivity contribution in [1.82, 2.24) is 9.80 Å². The SMILES string of the molecule is O=C(CCN1CCN(Cc2ccc3c(c2)CCO3)CC1)Nc1c(Cl)cccc1Cl. The Morgan fingerprint density at radius 1 is 1.03 bits per heavy atom. The summed E-state index contributed by atoms with van der Waals surface area (Å²) in [4.78, 5) is 17.1. The molecule has 0 aromatic heterocycles. The van der Waals surface area contributed by atoms with Gasteiger partial charge in [0, 0.05) is 52.1 Å². The van der Waals surface area contributed by atoms with Gasteiger partial charge in [0.1, 0.15) is 5.75 Å². The Morgan fingerprint density at radius 2 is 1.76 bits per heavy atom. The van der Waals surface area contributed by atoms with Crippen molar-refractivity contribution in [2.75, 3.05) is 44.6 Å². The van der Waals surface area contributed by atoms with E-state index >= 15 is 0 Å². The van der Waals surface area contributed by atoms with Crippen molar-refractivity contribution >= 4 is 34.8 Å². The molecule has 2 aromatic carbocycles. The van der Waals surface area contributed by atoms with Gasteiger partial charge in [-0.05, 0) is 29.3 Å². The van der Waals surface area contributed by atoms with Gasteiger partial charge < -0.3 is 15.0 Å². The molecule has 2 aliphatic heterocycles. The lowest BCUT2D eigenvalue weighted by atomic mass is 10.1. The molecule has 0 spiro atoms. The highest BCUT2D eigenvalue weighted by Gasteiger charge is 2.19. The Hall–Kier alpha value is -1.79. The van der Waals surface area contributed by atoms with Crippen molar-refractivity contribution in [3.8, 4) is 5.75 Å². The average Bonchev–Trinajstić information content (AvgIpc) is 3.18. The number of amides is 1. The average molecular weight is 434 g/mol. The molecule has 7 heteroatoms. The number of hydrogen-bond donors (Lipinski definition) is 1. The molecule has 0 bridgehead atoms. The molecule has 0 atom stereocenters. The first kappa shape index (κ1) is 20.5. The number of piperazine rings is 1. The quantitative estimate of drug-likeness (QED) is 0.745. The van der Waals surface area contributed by atoms with E-state index in [1.165, 1.54) is 11.1 Å². The topological polar surface area (TPSA) is 44.8 Å². The first-order chi connectivity index (χ1) is 14.1. The fourth-order valence-corrected chi connectivity index (χ4v) is 4.34. The molecule has 0 unspecified atom stereocenters. The molecule has 29 heavy (non-hydrogen) atoms. The number of ether oxygens (including phenoxy) is 1. The first-order valence-electron chi connectivity index (χ1n) is 10.0. The van der Waals surface area contributed by atoms with E-state index < -0.39 is 0 Å². The molecule has 2 heterocycles. The van der Waals surface area contributed by atoms with Crippen LogP contribution in [0.25, 0.3) is 0 Å². The first-order valence-corrected chi connectivity index (χ1v) is 10.8. The molecule has 0 radical (unpaired) electrons. The largest absolute Gasteiger partial charge is 0.493 e. The predicted octanol–water partition coefficient (Wildman–Crippen LogP) is 4.07. The van der Waals surface area contributed by atoms with Crippen molar-refractivity contribution in [2.45, 2.75) is 19.4 Å². The number of rotatable bonds is 6. The van der Waals surface area contributed by atoms with Gasteiger partial charge in [0.2, 0.25) is 5.91 Å². The number of anilines is 1. The van der Waals surface area contributed by atoms with Crippen LogP contribution < -0.4 is 10.1 Å². The van der Waals surface area contributed by atoms with Gasteiger partial charge in [-0.1, -0.05) is 41.4 Å². The number of nitrogens with zero attached hydrogens (tertiary/aromatic N) is 2. The molecule has 0 saturated carbocycles. The van der Waals surface area contributed by atoms with Crippen LogP contribution >= 0.6 is 23.2 Å². The Bertz CT molecular complexity index is 862. The van der Waals surface area contributed by atoms with Crippen molar-refractivity contribution < 1.29 is 9.53 Å². The summed E-state index contributed by atoms with van der Waals surface area (Å²) in [7, 11) is 0. The van der Waals surface area contributed by atoms with Crippen LogP contribution in [-0.4, -0.2) is 55.0 Å². The molecule has 5 nitrogen and oxygen atoms in total. The zero-order chi connectivity index (χ0) is 20.2. The van der Waals surface area contributed by atoms with E-state index in [9.17, 15) is 4.79 Å². The molecule has 4 rings (SSSR count). The molecule has 2 aliphatic rings. The van der Waals surface area contributed by atoms with Gasteiger partial charge in [0.15, 0.2) is 0 Å². The lowest BCUT2D eigenvalue weighted by Gasteiger charge is -2.34. The molecule has 1 fully saturated rings. The van der Waals surface area contributed by atoms with E-state index in [0.717, 1.165) is 58.0 Å². The minimum Gasteiger partial charge on any atom is -0.493 e. The minimum atomic E-state index is -0.0669. The van der Waals surface area contributed by atoms with Crippen molar-refractivity contribution in [1.29, 1.82) is 0 Å². The lowest BCUT2D eigenvalue weighted by Crippen LogP contribution is -2.46. The smallest absolute Gasteiger partial charge is 0.225 e.